The molecule has 1 aliphatic heterocycles. The average molecular weight is 297 g/mol. The summed E-state index contributed by atoms with van der Waals surface area (Å²) < 4.78 is 29.0. The first-order valence-corrected chi connectivity index (χ1v) is 7.40. The number of fused-ring (bicyclic) bond motifs is 1. The van der Waals surface area contributed by atoms with E-state index < -0.39 is 21.8 Å². The second-order valence-electron chi connectivity index (χ2n) is 5.77. The van der Waals surface area contributed by atoms with Crippen LogP contribution in [0.1, 0.15) is 31.1 Å². The number of benzene rings is 1. The van der Waals surface area contributed by atoms with Crippen LogP contribution < -0.4 is 5.32 Å². The highest BCUT2D eigenvalue weighted by Gasteiger charge is 2.30. The molecule has 0 aliphatic carbocycles. The first-order chi connectivity index (χ1) is 9.10. The maximum Gasteiger partial charge on any atom is 0.297 e. The van der Waals surface area contributed by atoms with Gasteiger partial charge in [0, 0.05) is 0 Å². The molecule has 1 aromatic rings. The smallest absolute Gasteiger partial charge is 0.297 e. The van der Waals surface area contributed by atoms with Crippen molar-refractivity contribution in [2.24, 2.45) is 5.41 Å². The highest BCUT2D eigenvalue weighted by atomic mass is 32.2. The fraction of sp³-hybridized carbons (Fsp3) is 0.385. The minimum absolute atomic E-state index is 0.0253. The Balaban J connectivity index is 2.31. The van der Waals surface area contributed by atoms with Gasteiger partial charge in [-0.25, -0.2) is 0 Å². The van der Waals surface area contributed by atoms with Crippen LogP contribution in [0.3, 0.4) is 0 Å². The molecule has 0 unspecified atom stereocenters. The number of Topliss-reactive ketones (excluding diaryl/α,β-unsaturated/α-hetero) is 1. The number of nitrogens with one attached hydrogen (secondary N) is 1. The van der Waals surface area contributed by atoms with Crippen molar-refractivity contribution >= 4 is 27.5 Å². The molecule has 0 fully saturated rings. The average Bonchev–Trinajstić information content (AvgIpc) is 2.62. The zero-order chi connectivity index (χ0) is 15.1. The van der Waals surface area contributed by atoms with Crippen molar-refractivity contribution in [3.8, 4) is 0 Å². The number of carbonyl (C=O) groups is 2. The summed E-state index contributed by atoms with van der Waals surface area (Å²) in [6, 6.07) is 3.84. The van der Waals surface area contributed by atoms with Crippen molar-refractivity contribution in [1.82, 2.24) is 0 Å². The number of rotatable bonds is 3. The van der Waals surface area contributed by atoms with Crippen molar-refractivity contribution in [1.29, 1.82) is 0 Å². The Morgan fingerprint density at radius 3 is 2.45 bits per heavy atom. The second kappa shape index (κ2) is 4.68. The van der Waals surface area contributed by atoms with Gasteiger partial charge in [0.15, 0.2) is 0 Å². The summed E-state index contributed by atoms with van der Waals surface area (Å²) in [5.74, 6) is -1.50. The number of anilines is 1. The summed E-state index contributed by atoms with van der Waals surface area (Å²) in [6.45, 7) is 5.56. The van der Waals surface area contributed by atoms with Gasteiger partial charge in [-0.3, -0.25) is 13.8 Å². The molecule has 20 heavy (non-hydrogen) atoms. The lowest BCUT2D eigenvalue weighted by Crippen LogP contribution is -2.19. The maximum atomic E-state index is 12.0. The Morgan fingerprint density at radius 1 is 1.20 bits per heavy atom. The normalized spacial score (nSPS) is 15.2. The van der Waals surface area contributed by atoms with Crippen LogP contribution in [0.15, 0.2) is 23.1 Å². The molecule has 0 saturated heterocycles. The summed E-state index contributed by atoms with van der Waals surface area (Å²) in [5.41, 5.74) is 0.0575. The molecule has 0 spiro atoms. The molecule has 1 N–H and O–H groups in total. The maximum absolute atomic E-state index is 12.0. The second-order valence-corrected chi connectivity index (χ2v) is 7.38. The lowest BCUT2D eigenvalue weighted by atomic mass is 9.99. The molecule has 1 amide bonds. The Labute approximate surface area is 117 Å². The van der Waals surface area contributed by atoms with Crippen molar-refractivity contribution in [2.75, 3.05) is 11.9 Å². The van der Waals surface area contributed by atoms with E-state index in [1.165, 1.54) is 12.1 Å². The number of hydrogen-bond donors (Lipinski definition) is 1. The van der Waals surface area contributed by atoms with E-state index in [1.54, 1.807) is 0 Å². The molecule has 1 aromatic carbocycles. The zero-order valence-electron chi connectivity index (χ0n) is 11.4. The third-order valence-electron chi connectivity index (χ3n) is 2.63. The molecule has 1 heterocycles. The first kappa shape index (κ1) is 14.7. The van der Waals surface area contributed by atoms with E-state index in [-0.39, 0.29) is 22.5 Å². The fourth-order valence-corrected chi connectivity index (χ4v) is 2.74. The Hall–Kier alpha value is -1.73. The highest BCUT2D eigenvalue weighted by molar-refractivity contribution is 7.86. The zero-order valence-corrected chi connectivity index (χ0v) is 12.2. The monoisotopic (exact) mass is 297 g/mol. The lowest BCUT2D eigenvalue weighted by Gasteiger charge is -2.17. The molecule has 0 saturated carbocycles. The molecule has 108 valence electrons. The van der Waals surface area contributed by atoms with Gasteiger partial charge in [-0.05, 0) is 23.6 Å². The number of ketones is 1. The van der Waals surface area contributed by atoms with E-state index in [4.69, 9.17) is 4.18 Å². The van der Waals surface area contributed by atoms with Crippen LogP contribution in [-0.2, 0) is 19.1 Å². The molecular formula is C13H15NO5S. The van der Waals surface area contributed by atoms with Crippen LogP contribution in [0.4, 0.5) is 5.69 Å². The first-order valence-electron chi connectivity index (χ1n) is 5.99. The van der Waals surface area contributed by atoms with Gasteiger partial charge in [0.2, 0.25) is 0 Å². The number of amides is 1. The van der Waals surface area contributed by atoms with E-state index in [9.17, 15) is 18.0 Å². The third-order valence-corrected chi connectivity index (χ3v) is 3.89. The Kier molecular flexibility index (Phi) is 3.43. The number of carbonyl (C=O) groups excluding carboxylic acids is 2. The molecule has 0 aromatic heterocycles. The van der Waals surface area contributed by atoms with Gasteiger partial charge in [-0.1, -0.05) is 20.8 Å². The van der Waals surface area contributed by atoms with Gasteiger partial charge >= 0.3 is 0 Å². The molecule has 0 bridgehead atoms. The Bertz CT molecular complexity index is 685. The molecule has 1 aliphatic rings. The summed E-state index contributed by atoms with van der Waals surface area (Å²) in [4.78, 5) is 22.6. The summed E-state index contributed by atoms with van der Waals surface area (Å²) in [7, 11) is -3.95. The van der Waals surface area contributed by atoms with E-state index in [1.807, 2.05) is 20.8 Å². The number of hydrogen-bond acceptors (Lipinski definition) is 5. The van der Waals surface area contributed by atoms with Crippen molar-refractivity contribution < 1.29 is 22.2 Å². The van der Waals surface area contributed by atoms with Gasteiger partial charge in [0.1, 0.15) is 0 Å². The van der Waals surface area contributed by atoms with Crippen LogP contribution in [0, 0.1) is 5.41 Å². The summed E-state index contributed by atoms with van der Waals surface area (Å²) in [5, 5.41) is 2.36. The van der Waals surface area contributed by atoms with Gasteiger partial charge < -0.3 is 5.32 Å². The van der Waals surface area contributed by atoms with Crippen molar-refractivity contribution in [2.45, 2.75) is 25.7 Å². The summed E-state index contributed by atoms with van der Waals surface area (Å²) >= 11 is 0. The fourth-order valence-electron chi connectivity index (χ4n) is 1.60. The van der Waals surface area contributed by atoms with Crippen LogP contribution in [0.25, 0.3) is 0 Å². The Morgan fingerprint density at radius 2 is 1.85 bits per heavy atom. The van der Waals surface area contributed by atoms with Gasteiger partial charge in [-0.15, -0.1) is 0 Å². The van der Waals surface area contributed by atoms with Crippen LogP contribution in [0.2, 0.25) is 0 Å². The highest BCUT2D eigenvalue weighted by Crippen LogP contribution is 2.27. The van der Waals surface area contributed by atoms with E-state index in [2.05, 4.69) is 5.32 Å². The SMILES string of the molecule is CC(C)(C)COS(=O)(=O)c1ccc2c(c1)C(=O)C(=O)N2. The largest absolute Gasteiger partial charge is 0.318 e. The molecule has 7 heteroatoms. The lowest BCUT2D eigenvalue weighted by molar-refractivity contribution is -0.112. The van der Waals surface area contributed by atoms with Gasteiger partial charge in [-0.2, -0.15) is 8.42 Å². The quantitative estimate of drug-likeness (QED) is 0.675. The summed E-state index contributed by atoms with van der Waals surface area (Å²) in [6.07, 6.45) is 0. The van der Waals surface area contributed by atoms with Gasteiger partial charge in [0.25, 0.3) is 21.8 Å². The van der Waals surface area contributed by atoms with Gasteiger partial charge in [0.05, 0.1) is 22.8 Å². The van der Waals surface area contributed by atoms with Crippen LogP contribution in [-0.4, -0.2) is 26.7 Å². The topological polar surface area (TPSA) is 89.5 Å². The van der Waals surface area contributed by atoms with E-state index >= 15 is 0 Å². The van der Waals surface area contributed by atoms with Crippen molar-refractivity contribution in [3.63, 3.8) is 0 Å². The predicted octanol–water partition coefficient (Wildman–Crippen LogP) is 1.57. The van der Waals surface area contributed by atoms with E-state index in [0.29, 0.717) is 5.69 Å². The molecular weight excluding hydrogens is 282 g/mol. The molecule has 0 atom stereocenters. The van der Waals surface area contributed by atoms with E-state index in [0.717, 1.165) is 6.07 Å². The predicted molar refractivity (Wildman–Crippen MR) is 72.0 cm³/mol. The molecule has 2 rings (SSSR count). The van der Waals surface area contributed by atoms with Crippen molar-refractivity contribution in [3.05, 3.63) is 23.8 Å². The third kappa shape index (κ3) is 2.88. The minimum Gasteiger partial charge on any atom is -0.318 e. The standard InChI is InChI=1S/C13H15NO5S/c1-13(2,3)7-19-20(17,18)8-4-5-10-9(6-8)11(15)12(16)14-10/h4-6H,7H2,1-3H3,(H,14,15,16). The minimum atomic E-state index is -3.95. The molecule has 6 nitrogen and oxygen atoms in total. The van der Waals surface area contributed by atoms with Crippen LogP contribution in [0.5, 0.6) is 0 Å². The molecule has 0 radical (unpaired) electrons. The van der Waals surface area contributed by atoms with Crippen LogP contribution >= 0.6 is 0 Å².